The van der Waals surface area contributed by atoms with Crippen LogP contribution >= 0.6 is 11.8 Å². The monoisotopic (exact) mass is 161 g/mol. The zero-order valence-electron chi connectivity index (χ0n) is 6.43. The first-order chi connectivity index (χ1) is 4.81. The molecule has 0 aliphatic heterocycles. The highest BCUT2D eigenvalue weighted by atomic mass is 32.2. The van der Waals surface area contributed by atoms with Gasteiger partial charge in [-0.25, -0.2) is 0 Å². The van der Waals surface area contributed by atoms with Gasteiger partial charge in [0.15, 0.2) is 0 Å². The quantitative estimate of drug-likeness (QED) is 0.592. The lowest BCUT2D eigenvalue weighted by Crippen LogP contribution is -2.03. The normalized spacial score (nSPS) is 9.80. The standard InChI is InChI=1S/C7H15NOS/c1-2-7(9)6-10-5-3-4-8/h2-6,8H2,1H3. The molecule has 0 aromatic heterocycles. The molecule has 2 nitrogen and oxygen atoms in total. The Morgan fingerprint density at radius 2 is 2.30 bits per heavy atom. The number of hydrogen-bond donors (Lipinski definition) is 1. The Balaban J connectivity index is 2.96. The van der Waals surface area contributed by atoms with Crippen molar-refractivity contribution in [1.29, 1.82) is 0 Å². The smallest absolute Gasteiger partial charge is 0.142 e. The summed E-state index contributed by atoms with van der Waals surface area (Å²) in [6.45, 7) is 2.62. The molecule has 0 radical (unpaired) electrons. The topological polar surface area (TPSA) is 43.1 Å². The molecule has 0 saturated carbocycles. The third kappa shape index (κ3) is 6.11. The molecule has 0 rings (SSSR count). The molecule has 0 saturated heterocycles. The van der Waals surface area contributed by atoms with Gasteiger partial charge in [-0.05, 0) is 18.7 Å². The van der Waals surface area contributed by atoms with Crippen molar-refractivity contribution in [2.45, 2.75) is 19.8 Å². The maximum absolute atomic E-state index is 10.7. The first kappa shape index (κ1) is 9.98. The second-order valence-corrected chi connectivity index (χ2v) is 3.19. The molecule has 0 aromatic carbocycles. The van der Waals surface area contributed by atoms with Crippen molar-refractivity contribution < 1.29 is 4.79 Å². The van der Waals surface area contributed by atoms with Gasteiger partial charge in [0.1, 0.15) is 5.78 Å². The van der Waals surface area contributed by atoms with Crippen molar-refractivity contribution in [2.24, 2.45) is 5.73 Å². The number of thioether (sulfide) groups is 1. The zero-order valence-corrected chi connectivity index (χ0v) is 7.25. The van der Waals surface area contributed by atoms with Crippen molar-refractivity contribution >= 4 is 17.5 Å². The minimum absolute atomic E-state index is 0.335. The van der Waals surface area contributed by atoms with E-state index in [2.05, 4.69) is 0 Å². The van der Waals surface area contributed by atoms with Crippen LogP contribution in [-0.2, 0) is 4.79 Å². The van der Waals surface area contributed by atoms with E-state index in [1.54, 1.807) is 11.8 Å². The van der Waals surface area contributed by atoms with Gasteiger partial charge in [-0.2, -0.15) is 11.8 Å². The fourth-order valence-electron chi connectivity index (χ4n) is 0.473. The summed E-state index contributed by atoms with van der Waals surface area (Å²) in [6, 6.07) is 0. The fourth-order valence-corrected chi connectivity index (χ4v) is 1.42. The Labute approximate surface area is 66.6 Å². The highest BCUT2D eigenvalue weighted by molar-refractivity contribution is 7.99. The molecule has 0 aromatic rings. The summed E-state index contributed by atoms with van der Waals surface area (Å²) in [7, 11) is 0. The predicted octanol–water partition coefficient (Wildman–Crippen LogP) is 1.05. The lowest BCUT2D eigenvalue weighted by Gasteiger charge is -1.96. The van der Waals surface area contributed by atoms with E-state index in [-0.39, 0.29) is 0 Å². The van der Waals surface area contributed by atoms with Gasteiger partial charge in [0.2, 0.25) is 0 Å². The molecule has 0 fully saturated rings. The van der Waals surface area contributed by atoms with E-state index in [0.717, 1.165) is 18.7 Å². The molecule has 2 N–H and O–H groups in total. The Morgan fingerprint density at radius 1 is 1.60 bits per heavy atom. The lowest BCUT2D eigenvalue weighted by molar-refractivity contribution is -0.116. The molecular formula is C7H15NOS. The maximum atomic E-state index is 10.7. The molecule has 0 atom stereocenters. The molecule has 0 spiro atoms. The molecule has 60 valence electrons. The van der Waals surface area contributed by atoms with Gasteiger partial charge in [-0.3, -0.25) is 4.79 Å². The average Bonchev–Trinajstić information content (AvgIpc) is 1.98. The summed E-state index contributed by atoms with van der Waals surface area (Å²) in [5.74, 6) is 2.01. The predicted molar refractivity (Wildman–Crippen MR) is 46.3 cm³/mol. The molecule has 0 aliphatic rings. The summed E-state index contributed by atoms with van der Waals surface area (Å²) >= 11 is 1.68. The minimum atomic E-state index is 0.335. The van der Waals surface area contributed by atoms with Crippen LogP contribution in [0.15, 0.2) is 0 Å². The maximum Gasteiger partial charge on any atom is 0.142 e. The summed E-state index contributed by atoms with van der Waals surface area (Å²) < 4.78 is 0. The number of carbonyl (C=O) groups is 1. The third-order valence-electron chi connectivity index (χ3n) is 1.15. The number of carbonyl (C=O) groups excluding carboxylic acids is 1. The highest BCUT2D eigenvalue weighted by Gasteiger charge is 1.96. The number of hydrogen-bond acceptors (Lipinski definition) is 3. The van der Waals surface area contributed by atoms with Gasteiger partial charge in [-0.1, -0.05) is 6.92 Å². The van der Waals surface area contributed by atoms with Gasteiger partial charge in [0.25, 0.3) is 0 Å². The SMILES string of the molecule is CCC(=O)CSCCCN. The molecule has 0 aliphatic carbocycles. The van der Waals surface area contributed by atoms with E-state index in [9.17, 15) is 4.79 Å². The van der Waals surface area contributed by atoms with E-state index in [4.69, 9.17) is 5.73 Å². The van der Waals surface area contributed by atoms with E-state index in [1.807, 2.05) is 6.92 Å². The first-order valence-corrected chi connectivity index (χ1v) is 4.76. The molecular weight excluding hydrogens is 146 g/mol. The summed E-state index contributed by atoms with van der Waals surface area (Å²) in [6.07, 6.45) is 1.68. The van der Waals surface area contributed by atoms with Crippen molar-refractivity contribution in [3.63, 3.8) is 0 Å². The highest BCUT2D eigenvalue weighted by Crippen LogP contribution is 2.02. The van der Waals surface area contributed by atoms with E-state index in [1.165, 1.54) is 0 Å². The summed E-state index contributed by atoms with van der Waals surface area (Å²) in [5, 5.41) is 0. The van der Waals surface area contributed by atoms with E-state index in [0.29, 0.717) is 18.0 Å². The first-order valence-electron chi connectivity index (χ1n) is 3.60. The van der Waals surface area contributed by atoms with Gasteiger partial charge in [-0.15, -0.1) is 0 Å². The number of ketones is 1. The van der Waals surface area contributed by atoms with Gasteiger partial charge < -0.3 is 5.73 Å². The van der Waals surface area contributed by atoms with Crippen molar-refractivity contribution in [1.82, 2.24) is 0 Å². The van der Waals surface area contributed by atoms with Crippen molar-refractivity contribution in [3.05, 3.63) is 0 Å². The van der Waals surface area contributed by atoms with E-state index >= 15 is 0 Å². The van der Waals surface area contributed by atoms with Gasteiger partial charge in [0, 0.05) is 6.42 Å². The van der Waals surface area contributed by atoms with Crippen LogP contribution < -0.4 is 5.73 Å². The number of nitrogens with two attached hydrogens (primary N) is 1. The largest absolute Gasteiger partial charge is 0.330 e. The molecule has 0 heterocycles. The summed E-state index contributed by atoms with van der Waals surface area (Å²) in [4.78, 5) is 10.7. The lowest BCUT2D eigenvalue weighted by atomic mass is 10.4. The van der Waals surface area contributed by atoms with E-state index < -0.39 is 0 Å². The molecule has 10 heavy (non-hydrogen) atoms. The van der Waals surface area contributed by atoms with Crippen LogP contribution in [-0.4, -0.2) is 23.8 Å². The fraction of sp³-hybridized carbons (Fsp3) is 0.857. The average molecular weight is 161 g/mol. The Kier molecular flexibility index (Phi) is 7.08. The van der Waals surface area contributed by atoms with Crippen molar-refractivity contribution in [2.75, 3.05) is 18.1 Å². The van der Waals surface area contributed by atoms with Gasteiger partial charge in [0.05, 0.1) is 5.75 Å². The van der Waals surface area contributed by atoms with Crippen LogP contribution in [0.3, 0.4) is 0 Å². The molecule has 0 unspecified atom stereocenters. The zero-order chi connectivity index (χ0) is 7.82. The Morgan fingerprint density at radius 3 is 2.80 bits per heavy atom. The van der Waals surface area contributed by atoms with Crippen LogP contribution in [0.5, 0.6) is 0 Å². The van der Waals surface area contributed by atoms with Gasteiger partial charge >= 0.3 is 0 Å². The Hall–Kier alpha value is -0.0200. The molecule has 0 bridgehead atoms. The third-order valence-corrected chi connectivity index (χ3v) is 2.25. The number of Topliss-reactive ketones (excluding diaryl/α,β-unsaturated/α-hetero) is 1. The second-order valence-electron chi connectivity index (χ2n) is 2.09. The van der Waals surface area contributed by atoms with Crippen LogP contribution in [0.2, 0.25) is 0 Å². The molecule has 3 heteroatoms. The van der Waals surface area contributed by atoms with Crippen molar-refractivity contribution in [3.8, 4) is 0 Å². The molecule has 0 amide bonds. The minimum Gasteiger partial charge on any atom is -0.330 e. The summed E-state index contributed by atoms with van der Waals surface area (Å²) in [5.41, 5.74) is 5.28. The van der Waals surface area contributed by atoms with Crippen LogP contribution in [0.4, 0.5) is 0 Å². The second kappa shape index (κ2) is 7.09. The van der Waals surface area contributed by atoms with Crippen LogP contribution in [0.1, 0.15) is 19.8 Å². The van der Waals surface area contributed by atoms with Crippen LogP contribution in [0.25, 0.3) is 0 Å². The number of rotatable bonds is 6. The van der Waals surface area contributed by atoms with Crippen LogP contribution in [0, 0.1) is 0 Å². The Bertz CT molecular complexity index is 95.6.